The number of nitrogens with one attached hydrogen (secondary N) is 1. The molecular formula is C13H20N2O2. The minimum Gasteiger partial charge on any atom is -0.361 e. The van der Waals surface area contributed by atoms with E-state index in [9.17, 15) is 4.79 Å². The highest BCUT2D eigenvalue weighted by Gasteiger charge is 2.25. The summed E-state index contributed by atoms with van der Waals surface area (Å²) in [4.78, 5) is 12.2. The molecule has 2 rings (SSSR count). The van der Waals surface area contributed by atoms with E-state index in [0.29, 0.717) is 29.0 Å². The van der Waals surface area contributed by atoms with E-state index in [1.165, 1.54) is 19.3 Å². The Morgan fingerprint density at radius 1 is 1.35 bits per heavy atom. The fourth-order valence-electron chi connectivity index (χ4n) is 2.58. The van der Waals surface area contributed by atoms with Crippen LogP contribution in [-0.2, 0) is 0 Å². The van der Waals surface area contributed by atoms with Gasteiger partial charge in [0.05, 0.1) is 5.69 Å². The average molecular weight is 236 g/mol. The zero-order valence-electron chi connectivity index (χ0n) is 10.7. The molecule has 1 heterocycles. The molecule has 1 aliphatic carbocycles. The van der Waals surface area contributed by atoms with Gasteiger partial charge in [-0.1, -0.05) is 24.9 Å². The highest BCUT2D eigenvalue weighted by Crippen LogP contribution is 2.24. The molecule has 94 valence electrons. The molecule has 1 fully saturated rings. The number of rotatable bonds is 2. The molecule has 4 heteroatoms. The van der Waals surface area contributed by atoms with Gasteiger partial charge in [0.25, 0.3) is 5.91 Å². The van der Waals surface area contributed by atoms with E-state index in [-0.39, 0.29) is 5.91 Å². The van der Waals surface area contributed by atoms with Gasteiger partial charge in [0, 0.05) is 6.04 Å². The van der Waals surface area contributed by atoms with Gasteiger partial charge in [0.1, 0.15) is 11.3 Å². The molecule has 1 aliphatic rings. The van der Waals surface area contributed by atoms with Gasteiger partial charge in [-0.25, -0.2) is 0 Å². The van der Waals surface area contributed by atoms with Crippen LogP contribution in [-0.4, -0.2) is 17.1 Å². The van der Waals surface area contributed by atoms with Crippen molar-refractivity contribution in [1.29, 1.82) is 0 Å². The van der Waals surface area contributed by atoms with E-state index < -0.39 is 0 Å². The maximum atomic E-state index is 12.2. The number of aromatic nitrogens is 1. The summed E-state index contributed by atoms with van der Waals surface area (Å²) in [6, 6.07) is 0.296. The second kappa shape index (κ2) is 4.90. The average Bonchev–Trinajstić information content (AvgIpc) is 2.62. The van der Waals surface area contributed by atoms with Gasteiger partial charge < -0.3 is 9.84 Å². The quantitative estimate of drug-likeness (QED) is 0.858. The van der Waals surface area contributed by atoms with Gasteiger partial charge in [0.2, 0.25) is 0 Å². The smallest absolute Gasteiger partial charge is 0.257 e. The molecule has 0 saturated heterocycles. The standard InChI is InChI=1S/C13H20N2O2/c1-8-6-4-5-7-11(8)14-13(16)12-9(2)15-17-10(12)3/h8,11H,4-7H2,1-3H3,(H,14,16)/t8-,11-/m0/s1. The van der Waals surface area contributed by atoms with E-state index in [2.05, 4.69) is 17.4 Å². The molecule has 17 heavy (non-hydrogen) atoms. The lowest BCUT2D eigenvalue weighted by Gasteiger charge is -2.29. The summed E-state index contributed by atoms with van der Waals surface area (Å²) in [5, 5.41) is 6.93. The van der Waals surface area contributed by atoms with Crippen molar-refractivity contribution >= 4 is 5.91 Å². The SMILES string of the molecule is Cc1noc(C)c1C(=O)N[C@H]1CCCC[C@@H]1C. The minimum absolute atomic E-state index is 0.0417. The zero-order valence-corrected chi connectivity index (χ0v) is 10.7. The number of aryl methyl sites for hydroxylation is 2. The van der Waals surface area contributed by atoms with Crippen LogP contribution < -0.4 is 5.32 Å². The largest absolute Gasteiger partial charge is 0.361 e. The lowest BCUT2D eigenvalue weighted by atomic mass is 9.86. The van der Waals surface area contributed by atoms with Crippen molar-refractivity contribution in [2.75, 3.05) is 0 Å². The highest BCUT2D eigenvalue weighted by atomic mass is 16.5. The Morgan fingerprint density at radius 2 is 2.06 bits per heavy atom. The summed E-state index contributed by atoms with van der Waals surface area (Å²) < 4.78 is 5.02. The highest BCUT2D eigenvalue weighted by molar-refractivity contribution is 5.96. The summed E-state index contributed by atoms with van der Waals surface area (Å²) in [6.45, 7) is 5.78. The van der Waals surface area contributed by atoms with Gasteiger partial charge >= 0.3 is 0 Å². The summed E-state index contributed by atoms with van der Waals surface area (Å²) in [6.07, 6.45) is 4.76. The fraction of sp³-hybridized carbons (Fsp3) is 0.692. The molecule has 1 aromatic heterocycles. The summed E-state index contributed by atoms with van der Waals surface area (Å²) in [7, 11) is 0. The van der Waals surface area contributed by atoms with Crippen molar-refractivity contribution in [3.05, 3.63) is 17.0 Å². The van der Waals surface area contributed by atoms with E-state index in [1.807, 2.05) is 0 Å². The summed E-state index contributed by atoms with van der Waals surface area (Å²) >= 11 is 0. The van der Waals surface area contributed by atoms with Gasteiger partial charge in [-0.3, -0.25) is 4.79 Å². The van der Waals surface area contributed by atoms with Crippen LogP contribution in [0.15, 0.2) is 4.52 Å². The third-order valence-corrected chi connectivity index (χ3v) is 3.69. The molecule has 0 spiro atoms. The molecule has 0 aliphatic heterocycles. The van der Waals surface area contributed by atoms with Crippen molar-refractivity contribution in [1.82, 2.24) is 10.5 Å². The molecule has 2 atom stereocenters. The topological polar surface area (TPSA) is 55.1 Å². The van der Waals surface area contributed by atoms with Gasteiger partial charge in [-0.05, 0) is 32.6 Å². The van der Waals surface area contributed by atoms with Crippen LogP contribution in [0, 0.1) is 19.8 Å². The Morgan fingerprint density at radius 3 is 2.65 bits per heavy atom. The van der Waals surface area contributed by atoms with Crippen LogP contribution in [0.2, 0.25) is 0 Å². The summed E-state index contributed by atoms with van der Waals surface area (Å²) in [5.74, 6) is 1.12. The molecule has 1 saturated carbocycles. The van der Waals surface area contributed by atoms with Crippen molar-refractivity contribution in [3.8, 4) is 0 Å². The van der Waals surface area contributed by atoms with Crippen molar-refractivity contribution in [2.45, 2.75) is 52.5 Å². The second-order valence-corrected chi connectivity index (χ2v) is 5.04. The lowest BCUT2D eigenvalue weighted by molar-refractivity contribution is 0.0908. The predicted molar refractivity (Wildman–Crippen MR) is 64.9 cm³/mol. The van der Waals surface area contributed by atoms with Crippen LogP contribution >= 0.6 is 0 Å². The third-order valence-electron chi connectivity index (χ3n) is 3.69. The zero-order chi connectivity index (χ0) is 12.4. The number of amides is 1. The Kier molecular flexibility index (Phi) is 3.50. The van der Waals surface area contributed by atoms with E-state index >= 15 is 0 Å². The number of hydrogen-bond donors (Lipinski definition) is 1. The Hall–Kier alpha value is -1.32. The van der Waals surface area contributed by atoms with E-state index in [0.717, 1.165) is 6.42 Å². The minimum atomic E-state index is -0.0417. The molecule has 0 radical (unpaired) electrons. The van der Waals surface area contributed by atoms with Crippen molar-refractivity contribution in [3.63, 3.8) is 0 Å². The second-order valence-electron chi connectivity index (χ2n) is 5.04. The van der Waals surface area contributed by atoms with Crippen LogP contribution in [0.25, 0.3) is 0 Å². The van der Waals surface area contributed by atoms with E-state index in [4.69, 9.17) is 4.52 Å². The number of nitrogens with zero attached hydrogens (tertiary/aromatic N) is 1. The monoisotopic (exact) mass is 236 g/mol. The Bertz CT molecular complexity index is 392. The first-order valence-corrected chi connectivity index (χ1v) is 6.33. The van der Waals surface area contributed by atoms with Gasteiger partial charge in [0.15, 0.2) is 0 Å². The molecule has 4 nitrogen and oxygen atoms in total. The van der Waals surface area contributed by atoms with Crippen LogP contribution in [0.4, 0.5) is 0 Å². The Balaban J connectivity index is 2.06. The first-order valence-electron chi connectivity index (χ1n) is 6.33. The Labute approximate surface area is 102 Å². The van der Waals surface area contributed by atoms with Crippen molar-refractivity contribution < 1.29 is 9.32 Å². The normalized spacial score (nSPS) is 24.6. The molecule has 0 unspecified atom stereocenters. The maximum Gasteiger partial charge on any atom is 0.257 e. The van der Waals surface area contributed by atoms with Crippen LogP contribution in [0.1, 0.15) is 54.4 Å². The molecule has 0 aromatic carbocycles. The van der Waals surface area contributed by atoms with Gasteiger partial charge in [-0.15, -0.1) is 0 Å². The van der Waals surface area contributed by atoms with E-state index in [1.54, 1.807) is 13.8 Å². The molecule has 1 amide bonds. The number of carbonyl (C=O) groups is 1. The molecular weight excluding hydrogens is 216 g/mol. The lowest BCUT2D eigenvalue weighted by Crippen LogP contribution is -2.41. The van der Waals surface area contributed by atoms with Crippen LogP contribution in [0.5, 0.6) is 0 Å². The maximum absolute atomic E-state index is 12.2. The van der Waals surface area contributed by atoms with Crippen molar-refractivity contribution in [2.24, 2.45) is 5.92 Å². The first-order chi connectivity index (χ1) is 8.09. The van der Waals surface area contributed by atoms with Crippen LogP contribution in [0.3, 0.4) is 0 Å². The number of hydrogen-bond acceptors (Lipinski definition) is 3. The molecule has 1 N–H and O–H groups in total. The summed E-state index contributed by atoms with van der Waals surface area (Å²) in [5.41, 5.74) is 1.27. The molecule has 0 bridgehead atoms. The fourth-order valence-corrected chi connectivity index (χ4v) is 2.58. The predicted octanol–water partition coefficient (Wildman–Crippen LogP) is 2.60. The molecule has 1 aromatic rings. The van der Waals surface area contributed by atoms with Gasteiger partial charge in [-0.2, -0.15) is 0 Å². The first kappa shape index (κ1) is 12.1. The third kappa shape index (κ3) is 2.51. The number of carbonyl (C=O) groups excluding carboxylic acids is 1.